The van der Waals surface area contributed by atoms with E-state index in [2.05, 4.69) is 26.5 Å². The Labute approximate surface area is 172 Å². The third-order valence-corrected chi connectivity index (χ3v) is 6.54. The molecule has 2 aliphatic heterocycles. The van der Waals surface area contributed by atoms with Crippen LogP contribution in [0.2, 0.25) is 0 Å². The maximum Gasteiger partial charge on any atom is 0.149 e. The number of hydrogen-bond acceptors (Lipinski definition) is 6. The van der Waals surface area contributed by atoms with Crippen LogP contribution in [0, 0.1) is 6.92 Å². The van der Waals surface area contributed by atoms with Gasteiger partial charge in [-0.05, 0) is 80.8 Å². The van der Waals surface area contributed by atoms with Crippen LogP contribution in [-0.4, -0.2) is 58.6 Å². The highest BCUT2D eigenvalue weighted by Crippen LogP contribution is 2.43. The van der Waals surface area contributed by atoms with Crippen molar-refractivity contribution >= 4 is 5.82 Å². The second kappa shape index (κ2) is 7.92. The predicted molar refractivity (Wildman–Crippen MR) is 113 cm³/mol. The van der Waals surface area contributed by atoms with E-state index in [1.807, 2.05) is 25.1 Å². The number of aryl methyl sites for hydroxylation is 1. The van der Waals surface area contributed by atoms with Crippen LogP contribution in [0.1, 0.15) is 49.1 Å². The fourth-order valence-corrected chi connectivity index (χ4v) is 4.72. The van der Waals surface area contributed by atoms with Gasteiger partial charge in [-0.15, -0.1) is 10.2 Å². The Hall–Kier alpha value is -2.18. The molecule has 0 radical (unpaired) electrons. The Morgan fingerprint density at radius 3 is 2.76 bits per heavy atom. The molecule has 0 amide bonds. The largest absolute Gasteiger partial charge is 0.507 e. The number of piperidine rings is 1. The molecule has 1 aromatic heterocycles. The Balaban J connectivity index is 1.28. The molecule has 3 fully saturated rings. The first-order valence-electron chi connectivity index (χ1n) is 10.9. The van der Waals surface area contributed by atoms with Gasteiger partial charge in [0.1, 0.15) is 11.6 Å². The van der Waals surface area contributed by atoms with Crippen LogP contribution in [0.4, 0.5) is 5.82 Å². The number of ether oxygens (including phenoxy) is 1. The summed E-state index contributed by atoms with van der Waals surface area (Å²) in [5, 5.41) is 23.0. The minimum Gasteiger partial charge on any atom is -0.507 e. The lowest BCUT2D eigenvalue weighted by Gasteiger charge is -2.36. The summed E-state index contributed by atoms with van der Waals surface area (Å²) >= 11 is 0. The number of hydrogen-bond donors (Lipinski definition) is 2. The Morgan fingerprint density at radius 2 is 2.03 bits per heavy atom. The van der Waals surface area contributed by atoms with E-state index in [1.165, 1.54) is 24.8 Å². The number of benzene rings is 1. The van der Waals surface area contributed by atoms with Crippen molar-refractivity contribution in [3.8, 4) is 17.0 Å². The number of phenols is 1. The molecule has 6 heteroatoms. The van der Waals surface area contributed by atoms with Crippen molar-refractivity contribution in [2.24, 2.45) is 0 Å². The lowest BCUT2D eigenvalue weighted by atomic mass is 10.0. The van der Waals surface area contributed by atoms with Crippen LogP contribution in [0.25, 0.3) is 11.3 Å². The number of aromatic nitrogens is 2. The summed E-state index contributed by atoms with van der Waals surface area (Å²) < 4.78 is 5.56. The van der Waals surface area contributed by atoms with Crippen molar-refractivity contribution in [3.05, 3.63) is 35.4 Å². The topological polar surface area (TPSA) is 70.5 Å². The maximum absolute atomic E-state index is 10.5. The van der Waals surface area contributed by atoms with E-state index >= 15 is 0 Å². The number of anilines is 1. The summed E-state index contributed by atoms with van der Waals surface area (Å²) in [5.41, 5.74) is 3.76. The van der Waals surface area contributed by atoms with E-state index in [4.69, 9.17) is 4.74 Å². The Kier molecular flexibility index (Phi) is 5.14. The van der Waals surface area contributed by atoms with Gasteiger partial charge in [0.15, 0.2) is 0 Å². The quantitative estimate of drug-likeness (QED) is 0.806. The van der Waals surface area contributed by atoms with E-state index in [0.29, 0.717) is 23.8 Å². The molecule has 0 spiro atoms. The fraction of sp³-hybridized carbons (Fsp3) is 0.565. The van der Waals surface area contributed by atoms with Crippen LogP contribution < -0.4 is 5.32 Å². The van der Waals surface area contributed by atoms with Crippen molar-refractivity contribution in [1.82, 2.24) is 15.1 Å². The summed E-state index contributed by atoms with van der Waals surface area (Å²) in [6.07, 6.45) is 5.94. The molecule has 0 bridgehead atoms. The Morgan fingerprint density at radius 1 is 1.14 bits per heavy atom. The third-order valence-electron chi connectivity index (χ3n) is 6.54. The average molecular weight is 395 g/mol. The second-order valence-corrected chi connectivity index (χ2v) is 8.81. The van der Waals surface area contributed by atoms with Crippen molar-refractivity contribution in [1.29, 1.82) is 0 Å². The van der Waals surface area contributed by atoms with Gasteiger partial charge in [0.25, 0.3) is 0 Å². The normalized spacial score (nSPS) is 25.3. The van der Waals surface area contributed by atoms with Crippen molar-refractivity contribution in [2.45, 2.75) is 57.0 Å². The summed E-state index contributed by atoms with van der Waals surface area (Å²) in [4.78, 5) is 2.56. The first kappa shape index (κ1) is 18.8. The van der Waals surface area contributed by atoms with Gasteiger partial charge in [0, 0.05) is 30.8 Å². The molecular weight excluding hydrogens is 364 g/mol. The van der Waals surface area contributed by atoms with Crippen LogP contribution in [0.15, 0.2) is 24.3 Å². The molecule has 1 aliphatic carbocycles. The highest BCUT2D eigenvalue weighted by atomic mass is 16.5. The highest BCUT2D eigenvalue weighted by molar-refractivity contribution is 5.70. The molecule has 3 aliphatic rings. The van der Waals surface area contributed by atoms with Gasteiger partial charge in [-0.3, -0.25) is 4.90 Å². The van der Waals surface area contributed by atoms with Gasteiger partial charge in [-0.2, -0.15) is 0 Å². The summed E-state index contributed by atoms with van der Waals surface area (Å²) in [5.74, 6) is 1.74. The van der Waals surface area contributed by atoms with Gasteiger partial charge in [-0.1, -0.05) is 6.07 Å². The smallest absolute Gasteiger partial charge is 0.149 e. The SMILES string of the molecule is Cc1cc(N[C@@H]2CCCN([C@@H]3CCOC3)C2)nnc1-c1ccc(C2CC2)cc1O. The van der Waals surface area contributed by atoms with Crippen LogP contribution in [0.5, 0.6) is 5.75 Å². The number of nitrogens with zero attached hydrogens (tertiary/aromatic N) is 3. The lowest BCUT2D eigenvalue weighted by molar-refractivity contribution is 0.123. The second-order valence-electron chi connectivity index (χ2n) is 8.81. The average Bonchev–Trinajstić information content (AvgIpc) is 3.43. The first-order valence-corrected chi connectivity index (χ1v) is 10.9. The first-order chi connectivity index (χ1) is 14.2. The van der Waals surface area contributed by atoms with Crippen molar-refractivity contribution < 1.29 is 9.84 Å². The summed E-state index contributed by atoms with van der Waals surface area (Å²) in [7, 11) is 0. The lowest BCUT2D eigenvalue weighted by Crippen LogP contribution is -2.47. The molecule has 154 valence electrons. The van der Waals surface area contributed by atoms with Gasteiger partial charge >= 0.3 is 0 Å². The van der Waals surface area contributed by atoms with E-state index in [1.54, 1.807) is 0 Å². The number of phenolic OH excluding ortho intramolecular Hbond substituents is 1. The molecule has 0 unspecified atom stereocenters. The van der Waals surface area contributed by atoms with E-state index in [-0.39, 0.29) is 0 Å². The van der Waals surface area contributed by atoms with E-state index in [9.17, 15) is 5.11 Å². The fourth-order valence-electron chi connectivity index (χ4n) is 4.72. The molecule has 5 rings (SSSR count). The van der Waals surface area contributed by atoms with Gasteiger partial charge < -0.3 is 15.2 Å². The zero-order valence-electron chi connectivity index (χ0n) is 17.1. The number of rotatable bonds is 5. The standard InChI is InChI=1S/C23H30N4O2/c1-15-11-22(24-18-3-2-9-27(13-18)19-8-10-29-14-19)25-26-23(15)20-7-6-17(12-21(20)28)16-4-5-16/h6-7,11-12,16,18-19,28H,2-5,8-10,13-14H2,1H3,(H,24,25)/t18-,19-/m1/s1. The molecule has 2 aromatic rings. The number of nitrogens with one attached hydrogen (secondary N) is 1. The highest BCUT2D eigenvalue weighted by Gasteiger charge is 2.29. The van der Waals surface area contributed by atoms with Crippen LogP contribution in [-0.2, 0) is 4.74 Å². The molecule has 2 N–H and O–H groups in total. The monoisotopic (exact) mass is 394 g/mol. The van der Waals surface area contributed by atoms with Crippen molar-refractivity contribution in [2.75, 3.05) is 31.6 Å². The van der Waals surface area contributed by atoms with Gasteiger partial charge in [-0.25, -0.2) is 0 Å². The molecule has 1 aromatic carbocycles. The number of likely N-dealkylation sites (tertiary alicyclic amines) is 1. The van der Waals surface area contributed by atoms with Gasteiger partial charge in [0.05, 0.1) is 12.3 Å². The van der Waals surface area contributed by atoms with Crippen LogP contribution >= 0.6 is 0 Å². The summed E-state index contributed by atoms with van der Waals surface area (Å²) in [6, 6.07) is 8.99. The zero-order chi connectivity index (χ0) is 19.8. The van der Waals surface area contributed by atoms with E-state index in [0.717, 1.165) is 61.8 Å². The minimum absolute atomic E-state index is 0.300. The molecule has 6 nitrogen and oxygen atoms in total. The molecule has 1 saturated carbocycles. The number of aromatic hydroxyl groups is 1. The van der Waals surface area contributed by atoms with Crippen LogP contribution in [0.3, 0.4) is 0 Å². The molecule has 2 saturated heterocycles. The minimum atomic E-state index is 0.300. The van der Waals surface area contributed by atoms with E-state index < -0.39 is 0 Å². The van der Waals surface area contributed by atoms with Gasteiger partial charge in [0.2, 0.25) is 0 Å². The zero-order valence-corrected chi connectivity index (χ0v) is 17.1. The third kappa shape index (κ3) is 4.09. The predicted octanol–water partition coefficient (Wildman–Crippen LogP) is 3.70. The summed E-state index contributed by atoms with van der Waals surface area (Å²) in [6.45, 7) is 5.97. The molecule has 3 heterocycles. The maximum atomic E-state index is 10.5. The van der Waals surface area contributed by atoms with Crippen molar-refractivity contribution in [3.63, 3.8) is 0 Å². The molecule has 29 heavy (non-hydrogen) atoms. The Bertz CT molecular complexity index is 877. The molecule has 2 atom stereocenters. The molecular formula is C23H30N4O2.